The second-order valence-corrected chi connectivity index (χ2v) is 8.15. The fourth-order valence-electron chi connectivity index (χ4n) is 4.51. The van der Waals surface area contributed by atoms with Gasteiger partial charge < -0.3 is 14.5 Å². The van der Waals surface area contributed by atoms with Gasteiger partial charge in [0.05, 0.1) is 7.11 Å². The number of aromatic nitrogens is 2. The molecule has 0 spiro atoms. The van der Waals surface area contributed by atoms with E-state index in [2.05, 4.69) is 24.0 Å². The number of fused-ring (bicyclic) bond motifs is 1. The second kappa shape index (κ2) is 8.39. The topological polar surface area (TPSA) is 58.6 Å². The smallest absolute Gasteiger partial charge is 0.219 e. The van der Waals surface area contributed by atoms with E-state index in [1.54, 1.807) is 14.0 Å². The Morgan fingerprint density at radius 1 is 1.24 bits per heavy atom. The highest BCUT2D eigenvalue weighted by Crippen LogP contribution is 2.32. The van der Waals surface area contributed by atoms with Crippen LogP contribution in [0.5, 0.6) is 5.75 Å². The van der Waals surface area contributed by atoms with E-state index in [0.29, 0.717) is 0 Å². The van der Waals surface area contributed by atoms with Crippen LogP contribution >= 0.6 is 0 Å². The number of nitrogens with zero attached hydrogens (tertiary/aromatic N) is 4. The van der Waals surface area contributed by atoms with Crippen molar-refractivity contribution in [1.29, 1.82) is 0 Å². The predicted octanol–water partition coefficient (Wildman–Crippen LogP) is 3.47. The van der Waals surface area contributed by atoms with Gasteiger partial charge >= 0.3 is 0 Å². The number of ether oxygens (including phenoxy) is 1. The summed E-state index contributed by atoms with van der Waals surface area (Å²) in [7, 11) is 1.70. The van der Waals surface area contributed by atoms with E-state index in [-0.39, 0.29) is 11.8 Å². The molecule has 0 saturated carbocycles. The molecule has 154 valence electrons. The highest BCUT2D eigenvalue weighted by atomic mass is 16.5. The van der Waals surface area contributed by atoms with Crippen LogP contribution in [0.15, 0.2) is 24.3 Å². The molecule has 1 aromatic heterocycles. The van der Waals surface area contributed by atoms with Gasteiger partial charge in [0.1, 0.15) is 17.4 Å². The van der Waals surface area contributed by atoms with Crippen LogP contribution in [0.2, 0.25) is 0 Å². The number of carbonyl (C=O) groups excluding carboxylic acids is 1. The number of hydrogen-bond donors (Lipinski definition) is 0. The summed E-state index contributed by atoms with van der Waals surface area (Å²) in [6.45, 7) is 7.12. The van der Waals surface area contributed by atoms with Gasteiger partial charge in [0.2, 0.25) is 5.91 Å². The van der Waals surface area contributed by atoms with Crippen molar-refractivity contribution in [1.82, 2.24) is 14.9 Å². The summed E-state index contributed by atoms with van der Waals surface area (Å²) in [5.74, 6) is 3.21. The molecule has 6 heteroatoms. The molecule has 2 aliphatic rings. The Hall–Kier alpha value is -2.63. The first-order chi connectivity index (χ1) is 14.0. The van der Waals surface area contributed by atoms with Crippen molar-refractivity contribution in [2.45, 2.75) is 52.0 Å². The molecule has 1 saturated heterocycles. The Labute approximate surface area is 172 Å². The fraction of sp³-hybridized carbons (Fsp3) is 0.522. The minimum atomic E-state index is 0.143. The number of hydrogen-bond acceptors (Lipinski definition) is 5. The van der Waals surface area contributed by atoms with E-state index >= 15 is 0 Å². The van der Waals surface area contributed by atoms with Crippen LogP contribution in [0.4, 0.5) is 5.82 Å². The lowest BCUT2D eigenvalue weighted by molar-refractivity contribution is -0.130. The summed E-state index contributed by atoms with van der Waals surface area (Å²) < 4.78 is 5.38. The van der Waals surface area contributed by atoms with Crippen LogP contribution in [0.25, 0.3) is 0 Å². The molecule has 0 aliphatic carbocycles. The van der Waals surface area contributed by atoms with Crippen molar-refractivity contribution in [3.05, 3.63) is 46.9 Å². The van der Waals surface area contributed by atoms with E-state index in [4.69, 9.17) is 14.7 Å². The maximum atomic E-state index is 11.8. The third kappa shape index (κ3) is 4.21. The number of methoxy groups -OCH3 is 1. The molecular formula is C23H30N4O2. The average Bonchev–Trinajstić information content (AvgIpc) is 2.74. The minimum Gasteiger partial charge on any atom is -0.497 e. The molecule has 1 atom stereocenters. The maximum absolute atomic E-state index is 11.8. The van der Waals surface area contributed by atoms with E-state index in [9.17, 15) is 4.79 Å². The molecule has 0 N–H and O–H groups in total. The number of piperidine rings is 1. The molecule has 3 heterocycles. The first-order valence-corrected chi connectivity index (χ1v) is 10.6. The molecule has 6 nitrogen and oxygen atoms in total. The normalized spacial score (nSPS) is 19.1. The number of likely N-dealkylation sites (tertiary alicyclic amines) is 1. The van der Waals surface area contributed by atoms with Gasteiger partial charge in [0.25, 0.3) is 0 Å². The Morgan fingerprint density at radius 2 is 2.10 bits per heavy atom. The summed E-state index contributed by atoms with van der Waals surface area (Å²) >= 11 is 0. The minimum absolute atomic E-state index is 0.143. The zero-order chi connectivity index (χ0) is 20.4. The van der Waals surface area contributed by atoms with Gasteiger partial charge in [0, 0.05) is 50.3 Å². The summed E-state index contributed by atoms with van der Waals surface area (Å²) in [4.78, 5) is 26.1. The lowest BCUT2D eigenvalue weighted by Gasteiger charge is -2.34. The monoisotopic (exact) mass is 394 g/mol. The standard InChI is InChI=1S/C23H30N4O2/c1-16-21-10-6-12-27(14-18-7-4-9-20(13-18)29-3)23(21)25-22(24-16)19-8-5-11-26(15-19)17(2)28/h4,7,9,13,19H,5-6,8,10-12,14-15H2,1-3H3/t19-/m0/s1. The molecule has 2 aromatic rings. The highest BCUT2D eigenvalue weighted by molar-refractivity contribution is 5.73. The van der Waals surface area contributed by atoms with Gasteiger partial charge in [-0.25, -0.2) is 9.97 Å². The highest BCUT2D eigenvalue weighted by Gasteiger charge is 2.28. The van der Waals surface area contributed by atoms with Crippen molar-refractivity contribution in [3.63, 3.8) is 0 Å². The largest absolute Gasteiger partial charge is 0.497 e. The van der Waals surface area contributed by atoms with Crippen LogP contribution in [0.3, 0.4) is 0 Å². The van der Waals surface area contributed by atoms with Crippen molar-refractivity contribution >= 4 is 11.7 Å². The Kier molecular flexibility index (Phi) is 5.69. The van der Waals surface area contributed by atoms with Gasteiger partial charge in [-0.3, -0.25) is 4.79 Å². The van der Waals surface area contributed by atoms with Crippen LogP contribution < -0.4 is 9.64 Å². The molecule has 1 amide bonds. The van der Waals surface area contributed by atoms with Crippen LogP contribution in [0, 0.1) is 6.92 Å². The summed E-state index contributed by atoms with van der Waals surface area (Å²) in [6.07, 6.45) is 4.19. The van der Waals surface area contributed by atoms with E-state index in [1.807, 2.05) is 17.0 Å². The van der Waals surface area contributed by atoms with Crippen molar-refractivity contribution < 1.29 is 9.53 Å². The molecule has 1 aromatic carbocycles. The lowest BCUT2D eigenvalue weighted by Crippen LogP contribution is -2.38. The van der Waals surface area contributed by atoms with Gasteiger partial charge in [-0.2, -0.15) is 0 Å². The quantitative estimate of drug-likeness (QED) is 0.795. The fourth-order valence-corrected chi connectivity index (χ4v) is 4.51. The summed E-state index contributed by atoms with van der Waals surface area (Å²) in [6, 6.07) is 8.24. The van der Waals surface area contributed by atoms with E-state index in [0.717, 1.165) is 74.9 Å². The SMILES string of the molecule is COc1cccc(CN2CCCc3c(C)nc([C@H]4CCCN(C(C)=O)C4)nc32)c1. The number of amides is 1. The molecule has 2 aliphatic heterocycles. The Morgan fingerprint density at radius 3 is 2.90 bits per heavy atom. The molecule has 29 heavy (non-hydrogen) atoms. The molecule has 1 fully saturated rings. The second-order valence-electron chi connectivity index (χ2n) is 8.15. The van der Waals surface area contributed by atoms with Crippen molar-refractivity contribution in [3.8, 4) is 5.75 Å². The maximum Gasteiger partial charge on any atom is 0.219 e. The average molecular weight is 395 g/mol. The Balaban J connectivity index is 1.62. The van der Waals surface area contributed by atoms with E-state index < -0.39 is 0 Å². The van der Waals surface area contributed by atoms with Crippen molar-refractivity contribution in [2.75, 3.05) is 31.6 Å². The van der Waals surface area contributed by atoms with Crippen LogP contribution in [-0.2, 0) is 17.8 Å². The summed E-state index contributed by atoms with van der Waals surface area (Å²) in [5, 5.41) is 0. The first kappa shape index (κ1) is 19.7. The molecule has 0 bridgehead atoms. The van der Waals surface area contributed by atoms with Gasteiger partial charge in [-0.1, -0.05) is 12.1 Å². The number of carbonyl (C=O) groups is 1. The van der Waals surface area contributed by atoms with E-state index in [1.165, 1.54) is 11.1 Å². The van der Waals surface area contributed by atoms with Gasteiger partial charge in [-0.15, -0.1) is 0 Å². The third-order valence-electron chi connectivity index (χ3n) is 6.10. The van der Waals surface area contributed by atoms with Gasteiger partial charge in [-0.05, 0) is 50.3 Å². The van der Waals surface area contributed by atoms with Crippen LogP contribution in [0.1, 0.15) is 54.7 Å². The third-order valence-corrected chi connectivity index (χ3v) is 6.10. The zero-order valence-corrected chi connectivity index (χ0v) is 17.6. The molecule has 0 unspecified atom stereocenters. The number of benzene rings is 1. The number of rotatable bonds is 4. The Bertz CT molecular complexity index is 898. The van der Waals surface area contributed by atoms with Gasteiger partial charge in [0.15, 0.2) is 0 Å². The number of anilines is 1. The number of aryl methyl sites for hydroxylation is 1. The summed E-state index contributed by atoms with van der Waals surface area (Å²) in [5.41, 5.74) is 3.57. The van der Waals surface area contributed by atoms with Crippen LogP contribution in [-0.4, -0.2) is 47.5 Å². The molecule has 0 radical (unpaired) electrons. The molecule has 4 rings (SSSR count). The lowest BCUT2D eigenvalue weighted by atomic mass is 9.96. The predicted molar refractivity (Wildman–Crippen MR) is 113 cm³/mol. The molecular weight excluding hydrogens is 364 g/mol. The van der Waals surface area contributed by atoms with Crippen molar-refractivity contribution in [2.24, 2.45) is 0 Å². The zero-order valence-electron chi connectivity index (χ0n) is 17.6. The first-order valence-electron chi connectivity index (χ1n) is 10.6.